The summed E-state index contributed by atoms with van der Waals surface area (Å²) in [4.78, 5) is 32.6. The van der Waals surface area contributed by atoms with Crippen molar-refractivity contribution in [3.05, 3.63) is 63.6 Å². The second-order valence-corrected chi connectivity index (χ2v) is 13.7. The normalized spacial score (nSPS) is 24.5. The van der Waals surface area contributed by atoms with Crippen molar-refractivity contribution in [2.45, 2.75) is 55.6 Å². The summed E-state index contributed by atoms with van der Waals surface area (Å²) in [6.45, 7) is 4.72. The van der Waals surface area contributed by atoms with Gasteiger partial charge in [0.25, 0.3) is 0 Å². The molecule has 43 heavy (non-hydrogen) atoms. The molecule has 0 N–H and O–H groups in total. The van der Waals surface area contributed by atoms with Crippen LogP contribution in [0.5, 0.6) is 0 Å². The Morgan fingerprint density at radius 1 is 0.977 bits per heavy atom. The summed E-state index contributed by atoms with van der Waals surface area (Å²) < 4.78 is 74.8. The molecule has 2 aromatic rings. The molecule has 0 spiro atoms. The van der Waals surface area contributed by atoms with E-state index in [1.807, 2.05) is 4.90 Å². The fourth-order valence-electron chi connectivity index (χ4n) is 5.88. The van der Waals surface area contributed by atoms with Crippen LogP contribution in [0.4, 0.5) is 13.2 Å². The number of nitrogens with zero attached hydrogens (tertiary/aromatic N) is 4. The van der Waals surface area contributed by atoms with E-state index in [9.17, 15) is 31.2 Å². The van der Waals surface area contributed by atoms with Crippen molar-refractivity contribution in [3.63, 3.8) is 0 Å². The quantitative estimate of drug-likeness (QED) is 0.468. The summed E-state index contributed by atoms with van der Waals surface area (Å²) in [5.74, 6) is -0.835. The van der Waals surface area contributed by atoms with Crippen LogP contribution >= 0.6 is 23.2 Å². The summed E-state index contributed by atoms with van der Waals surface area (Å²) in [5.41, 5.74) is -0.446. The first-order chi connectivity index (χ1) is 20.2. The molecule has 234 valence electrons. The van der Waals surface area contributed by atoms with Gasteiger partial charge in [0.05, 0.1) is 30.3 Å². The van der Waals surface area contributed by atoms with Gasteiger partial charge in [-0.05, 0) is 49.7 Å². The Bertz CT molecular complexity index is 1490. The van der Waals surface area contributed by atoms with Crippen molar-refractivity contribution in [3.8, 4) is 0 Å². The van der Waals surface area contributed by atoms with Crippen molar-refractivity contribution in [2.24, 2.45) is 0 Å². The Hall–Kier alpha value is -2.42. The second kappa shape index (κ2) is 12.2. The molecule has 3 heterocycles. The lowest BCUT2D eigenvalue weighted by molar-refractivity contribution is -0.173. The van der Waals surface area contributed by atoms with Gasteiger partial charge in [0, 0.05) is 37.1 Å². The Morgan fingerprint density at radius 2 is 1.63 bits per heavy atom. The molecule has 5 rings (SSSR count). The zero-order valence-electron chi connectivity index (χ0n) is 23.4. The highest BCUT2D eigenvalue weighted by molar-refractivity contribution is 7.89. The molecular formula is C28H31Cl2F3N4O5S. The number of piperazine rings is 1. The third kappa shape index (κ3) is 6.25. The average molecular weight is 664 g/mol. The van der Waals surface area contributed by atoms with Crippen LogP contribution in [-0.2, 0) is 36.9 Å². The number of carbonyl (C=O) groups excluding carboxylic acids is 2. The van der Waals surface area contributed by atoms with E-state index in [1.54, 1.807) is 13.8 Å². The van der Waals surface area contributed by atoms with Gasteiger partial charge >= 0.3 is 6.18 Å². The number of sulfonamides is 1. The molecule has 0 aromatic heterocycles. The van der Waals surface area contributed by atoms with Gasteiger partial charge in [0.2, 0.25) is 21.8 Å². The van der Waals surface area contributed by atoms with Crippen molar-refractivity contribution in [2.75, 3.05) is 39.4 Å². The van der Waals surface area contributed by atoms with Crippen LogP contribution in [0, 0.1) is 0 Å². The Balaban J connectivity index is 1.60. The van der Waals surface area contributed by atoms with E-state index < -0.39 is 51.8 Å². The van der Waals surface area contributed by atoms with Crippen molar-refractivity contribution >= 4 is 45.0 Å². The molecule has 3 saturated heterocycles. The van der Waals surface area contributed by atoms with Crippen LogP contribution in [0.3, 0.4) is 0 Å². The lowest BCUT2D eigenvalue weighted by Crippen LogP contribution is -2.76. The van der Waals surface area contributed by atoms with Gasteiger partial charge in [-0.1, -0.05) is 35.3 Å². The van der Waals surface area contributed by atoms with Crippen LogP contribution in [-0.4, -0.2) is 103 Å². The number of rotatable bonds is 6. The van der Waals surface area contributed by atoms with E-state index in [2.05, 4.69) is 0 Å². The molecule has 3 atom stereocenters. The van der Waals surface area contributed by atoms with Crippen LogP contribution in [0.25, 0.3) is 0 Å². The highest BCUT2D eigenvalue weighted by atomic mass is 35.5. The van der Waals surface area contributed by atoms with Gasteiger partial charge in [-0.2, -0.15) is 17.5 Å². The predicted molar refractivity (Wildman–Crippen MR) is 153 cm³/mol. The number of morpholine rings is 1. The highest BCUT2D eigenvalue weighted by Crippen LogP contribution is 2.36. The summed E-state index contributed by atoms with van der Waals surface area (Å²) >= 11 is 12.4. The maximum absolute atomic E-state index is 14.3. The number of ether oxygens (including phenoxy) is 1. The van der Waals surface area contributed by atoms with Crippen LogP contribution in [0.2, 0.25) is 10.0 Å². The zero-order chi connectivity index (χ0) is 31.3. The van der Waals surface area contributed by atoms with Gasteiger partial charge < -0.3 is 14.5 Å². The van der Waals surface area contributed by atoms with Crippen molar-refractivity contribution in [1.82, 2.24) is 19.0 Å². The monoisotopic (exact) mass is 662 g/mol. The van der Waals surface area contributed by atoms with E-state index in [1.165, 1.54) is 44.4 Å². The number of hydrogen-bond acceptors (Lipinski definition) is 6. The van der Waals surface area contributed by atoms with Gasteiger partial charge in [-0.3, -0.25) is 14.5 Å². The molecule has 0 saturated carbocycles. The SMILES string of the molecule is CC(C)N1CC2N(C(=O)C(N3CCOCC3)CN2S(=O)(=O)c2ccc(Cl)cc2Cl)C(Cc2ccc(C(F)(F)F)cc2)C1=O. The fourth-order valence-corrected chi connectivity index (χ4v) is 8.20. The summed E-state index contributed by atoms with van der Waals surface area (Å²) in [6, 6.07) is 6.00. The topological polar surface area (TPSA) is 90.5 Å². The third-order valence-electron chi connectivity index (χ3n) is 8.11. The van der Waals surface area contributed by atoms with E-state index in [-0.39, 0.29) is 40.5 Å². The van der Waals surface area contributed by atoms with E-state index >= 15 is 0 Å². The molecule has 15 heteroatoms. The predicted octanol–water partition coefficient (Wildman–Crippen LogP) is 3.73. The second-order valence-electron chi connectivity index (χ2n) is 11.0. The molecule has 3 aliphatic rings. The third-order valence-corrected chi connectivity index (χ3v) is 10.7. The number of hydrogen-bond donors (Lipinski definition) is 0. The zero-order valence-corrected chi connectivity index (χ0v) is 25.8. The van der Waals surface area contributed by atoms with Gasteiger partial charge in [0.15, 0.2) is 0 Å². The molecule has 9 nitrogen and oxygen atoms in total. The first-order valence-electron chi connectivity index (χ1n) is 13.8. The summed E-state index contributed by atoms with van der Waals surface area (Å²) in [6.07, 6.45) is -5.72. The smallest absolute Gasteiger partial charge is 0.379 e. The summed E-state index contributed by atoms with van der Waals surface area (Å²) in [7, 11) is -4.33. The van der Waals surface area contributed by atoms with Crippen LogP contribution in [0.1, 0.15) is 25.0 Å². The molecular weight excluding hydrogens is 632 g/mol. The van der Waals surface area contributed by atoms with Crippen LogP contribution in [0.15, 0.2) is 47.4 Å². The largest absolute Gasteiger partial charge is 0.416 e. The van der Waals surface area contributed by atoms with Gasteiger partial charge in [0.1, 0.15) is 23.1 Å². The minimum Gasteiger partial charge on any atom is -0.379 e. The number of benzene rings is 2. The minimum atomic E-state index is -4.54. The maximum atomic E-state index is 14.3. The first-order valence-corrected chi connectivity index (χ1v) is 16.0. The van der Waals surface area contributed by atoms with Gasteiger partial charge in [-0.15, -0.1) is 0 Å². The highest BCUT2D eigenvalue weighted by Gasteiger charge is 2.55. The van der Waals surface area contributed by atoms with Crippen molar-refractivity contribution in [1.29, 1.82) is 0 Å². The molecule has 0 radical (unpaired) electrons. The van der Waals surface area contributed by atoms with Gasteiger partial charge in [-0.25, -0.2) is 8.42 Å². The number of fused-ring (bicyclic) bond motifs is 1. The minimum absolute atomic E-state index is 0.0900. The lowest BCUT2D eigenvalue weighted by Gasteiger charge is -2.55. The molecule has 2 amide bonds. The Morgan fingerprint density at radius 3 is 2.21 bits per heavy atom. The van der Waals surface area contributed by atoms with E-state index in [0.717, 1.165) is 12.1 Å². The van der Waals surface area contributed by atoms with Crippen LogP contribution < -0.4 is 0 Å². The fraction of sp³-hybridized carbons (Fsp3) is 0.500. The summed E-state index contributed by atoms with van der Waals surface area (Å²) in [5, 5.41) is 0.157. The number of carbonyl (C=O) groups is 2. The lowest BCUT2D eigenvalue weighted by atomic mass is 9.95. The molecule has 0 bridgehead atoms. The Kier molecular flexibility index (Phi) is 9.05. The maximum Gasteiger partial charge on any atom is 0.416 e. The van der Waals surface area contributed by atoms with Crippen molar-refractivity contribution < 1.29 is 35.9 Å². The number of amides is 2. The average Bonchev–Trinajstić information content (AvgIpc) is 2.94. The molecule has 3 fully saturated rings. The molecule has 2 aromatic carbocycles. The molecule has 0 aliphatic carbocycles. The first kappa shape index (κ1) is 32.0. The number of halogens is 5. The standard InChI is InChI=1S/C28H31Cl2F3N4O5S/c1-17(2)35-16-25-36(43(40,41)24-8-7-20(29)14-21(24)30)15-23(34-9-11-42-12-10-34)27(39)37(25)22(26(35)38)13-18-3-5-19(6-4-18)28(31,32)33/h3-8,14,17,22-23,25H,9-13,15-16H2,1-2H3. The van der Waals surface area contributed by atoms with E-state index in [0.29, 0.717) is 31.9 Å². The molecule has 3 aliphatic heterocycles. The molecule has 3 unspecified atom stereocenters. The number of alkyl halides is 3. The Labute approximate surface area is 258 Å². The van der Waals surface area contributed by atoms with E-state index in [4.69, 9.17) is 27.9 Å².